The normalized spacial score (nSPS) is 14.2. The van der Waals surface area contributed by atoms with Crippen LogP contribution in [0.2, 0.25) is 0 Å². The van der Waals surface area contributed by atoms with E-state index in [1.54, 1.807) is 0 Å². The van der Waals surface area contributed by atoms with Crippen molar-refractivity contribution in [2.24, 2.45) is 5.92 Å². The molecule has 3 aromatic rings. The molecule has 0 bridgehead atoms. The second kappa shape index (κ2) is 15.7. The van der Waals surface area contributed by atoms with E-state index in [9.17, 15) is 9.18 Å². The molecule has 0 spiro atoms. The Bertz CT molecular complexity index is 1290. The zero-order valence-electron chi connectivity index (χ0n) is 25.4. The van der Waals surface area contributed by atoms with Crippen molar-refractivity contribution in [3.63, 3.8) is 0 Å². The van der Waals surface area contributed by atoms with Crippen LogP contribution in [0, 0.1) is 11.7 Å². The standard InChI is InChI=1S/C34H44FN3O4/c1-5-40-31-11-7-27(8-12-31)33-13-9-29(36-34(33)41-19-18-38-16-14-37(4)15-17-38)23-30(39)10-6-26-20-28(35)22-32(21-26)42-24-25(2)3/h7-9,11-13,20-22,25H,5-6,10,14-19,23-24H2,1-4H3. The lowest BCUT2D eigenvalue weighted by Crippen LogP contribution is -2.45. The summed E-state index contributed by atoms with van der Waals surface area (Å²) >= 11 is 0. The highest BCUT2D eigenvalue weighted by atomic mass is 19.1. The molecule has 1 aliphatic rings. The molecule has 0 amide bonds. The van der Waals surface area contributed by atoms with Crippen LogP contribution >= 0.6 is 0 Å². The van der Waals surface area contributed by atoms with Gasteiger partial charge >= 0.3 is 0 Å². The van der Waals surface area contributed by atoms with E-state index in [0.717, 1.165) is 55.2 Å². The van der Waals surface area contributed by atoms with Gasteiger partial charge in [-0.2, -0.15) is 0 Å². The number of hydrogen-bond acceptors (Lipinski definition) is 7. The van der Waals surface area contributed by atoms with E-state index in [4.69, 9.17) is 19.2 Å². The van der Waals surface area contributed by atoms with Crippen LogP contribution in [0.5, 0.6) is 17.4 Å². The minimum atomic E-state index is -0.358. The number of ether oxygens (including phenoxy) is 3. The number of carbonyl (C=O) groups is 1. The number of ketones is 1. The van der Waals surface area contributed by atoms with Crippen molar-refractivity contribution in [1.29, 1.82) is 0 Å². The first-order valence-corrected chi connectivity index (χ1v) is 15.0. The fourth-order valence-corrected chi connectivity index (χ4v) is 4.83. The molecule has 0 radical (unpaired) electrons. The summed E-state index contributed by atoms with van der Waals surface area (Å²) in [4.78, 5) is 22.5. The molecule has 1 aromatic heterocycles. The first kappa shape index (κ1) is 31.4. The molecule has 7 nitrogen and oxygen atoms in total. The average Bonchev–Trinajstić information content (AvgIpc) is 2.97. The molecule has 1 aliphatic heterocycles. The van der Waals surface area contributed by atoms with E-state index < -0.39 is 0 Å². The zero-order chi connectivity index (χ0) is 29.9. The van der Waals surface area contributed by atoms with Crippen molar-refractivity contribution in [3.05, 3.63) is 71.7 Å². The minimum absolute atomic E-state index is 0.0358. The van der Waals surface area contributed by atoms with Gasteiger partial charge in [-0.05, 0) is 73.8 Å². The van der Waals surface area contributed by atoms with E-state index in [1.165, 1.54) is 12.1 Å². The highest BCUT2D eigenvalue weighted by Crippen LogP contribution is 2.30. The number of likely N-dealkylation sites (N-methyl/N-ethyl adjacent to an activating group) is 1. The highest BCUT2D eigenvalue weighted by molar-refractivity contribution is 5.81. The summed E-state index contributed by atoms with van der Waals surface area (Å²) in [5, 5.41) is 0. The summed E-state index contributed by atoms with van der Waals surface area (Å²) < 4.78 is 31.7. The number of Topliss-reactive ketones (excluding diaryl/α,β-unsaturated/α-hetero) is 1. The van der Waals surface area contributed by atoms with Crippen molar-refractivity contribution < 1.29 is 23.4 Å². The highest BCUT2D eigenvalue weighted by Gasteiger charge is 2.16. The van der Waals surface area contributed by atoms with Crippen LogP contribution in [-0.4, -0.2) is 80.2 Å². The van der Waals surface area contributed by atoms with E-state index in [2.05, 4.69) is 16.8 Å². The van der Waals surface area contributed by atoms with E-state index in [0.29, 0.717) is 49.5 Å². The molecule has 1 saturated heterocycles. The summed E-state index contributed by atoms with van der Waals surface area (Å²) in [6, 6.07) is 16.4. The second-order valence-corrected chi connectivity index (χ2v) is 11.3. The lowest BCUT2D eigenvalue weighted by atomic mass is 10.0. The van der Waals surface area contributed by atoms with Crippen LogP contribution in [0.4, 0.5) is 4.39 Å². The van der Waals surface area contributed by atoms with Crippen molar-refractivity contribution in [2.45, 2.75) is 40.0 Å². The van der Waals surface area contributed by atoms with Crippen LogP contribution in [0.1, 0.15) is 38.4 Å². The first-order chi connectivity index (χ1) is 20.3. The number of aromatic nitrogens is 1. The molecule has 0 atom stereocenters. The largest absolute Gasteiger partial charge is 0.494 e. The molecule has 0 unspecified atom stereocenters. The molecule has 226 valence electrons. The third kappa shape index (κ3) is 9.81. The Morgan fingerprint density at radius 3 is 2.43 bits per heavy atom. The van der Waals surface area contributed by atoms with Crippen LogP contribution in [0.15, 0.2) is 54.6 Å². The van der Waals surface area contributed by atoms with Gasteiger partial charge < -0.3 is 19.1 Å². The Balaban J connectivity index is 1.42. The number of nitrogens with zero attached hydrogens (tertiary/aromatic N) is 3. The number of pyridine rings is 1. The fourth-order valence-electron chi connectivity index (χ4n) is 4.83. The average molecular weight is 578 g/mol. The Hall–Kier alpha value is -3.49. The minimum Gasteiger partial charge on any atom is -0.494 e. The van der Waals surface area contributed by atoms with Gasteiger partial charge in [-0.15, -0.1) is 0 Å². The molecule has 2 heterocycles. The topological polar surface area (TPSA) is 64.1 Å². The summed E-state index contributed by atoms with van der Waals surface area (Å²) in [5.41, 5.74) is 3.25. The summed E-state index contributed by atoms with van der Waals surface area (Å²) in [7, 11) is 2.14. The van der Waals surface area contributed by atoms with Gasteiger partial charge in [-0.3, -0.25) is 9.69 Å². The maximum atomic E-state index is 14.1. The van der Waals surface area contributed by atoms with Gasteiger partial charge in [0, 0.05) is 57.2 Å². The SMILES string of the molecule is CCOc1ccc(-c2ccc(CC(=O)CCc3cc(F)cc(OCC(C)C)c3)nc2OCCN2CCN(C)CC2)cc1. The maximum Gasteiger partial charge on any atom is 0.221 e. The van der Waals surface area contributed by atoms with Crippen molar-refractivity contribution in [2.75, 3.05) is 59.6 Å². The summed E-state index contributed by atoms with van der Waals surface area (Å²) in [6.45, 7) is 12.6. The predicted octanol–water partition coefficient (Wildman–Crippen LogP) is 5.69. The summed E-state index contributed by atoms with van der Waals surface area (Å²) in [6.07, 6.45) is 0.909. The molecule has 0 N–H and O–H groups in total. The molecule has 0 saturated carbocycles. The fraction of sp³-hybridized carbons (Fsp3) is 0.471. The van der Waals surface area contributed by atoms with Crippen molar-refractivity contribution in [3.8, 4) is 28.5 Å². The van der Waals surface area contributed by atoms with Crippen LogP contribution in [0.25, 0.3) is 11.1 Å². The first-order valence-electron chi connectivity index (χ1n) is 15.0. The number of carbonyl (C=O) groups excluding carboxylic acids is 1. The number of rotatable bonds is 15. The van der Waals surface area contributed by atoms with E-state index in [-0.39, 0.29) is 24.4 Å². The lowest BCUT2D eigenvalue weighted by molar-refractivity contribution is -0.118. The molecule has 1 fully saturated rings. The number of aryl methyl sites for hydroxylation is 1. The van der Waals surface area contributed by atoms with E-state index in [1.807, 2.05) is 63.2 Å². The number of benzene rings is 2. The molecular weight excluding hydrogens is 533 g/mol. The van der Waals surface area contributed by atoms with Crippen molar-refractivity contribution in [1.82, 2.24) is 14.8 Å². The predicted molar refractivity (Wildman–Crippen MR) is 164 cm³/mol. The third-order valence-corrected chi connectivity index (χ3v) is 7.22. The quantitative estimate of drug-likeness (QED) is 0.230. The van der Waals surface area contributed by atoms with Crippen LogP contribution in [0.3, 0.4) is 0 Å². The van der Waals surface area contributed by atoms with Crippen LogP contribution in [-0.2, 0) is 17.6 Å². The molecule has 4 rings (SSSR count). The van der Waals surface area contributed by atoms with Crippen molar-refractivity contribution >= 4 is 5.78 Å². The van der Waals surface area contributed by atoms with Gasteiger partial charge in [0.05, 0.1) is 18.9 Å². The van der Waals surface area contributed by atoms with Gasteiger partial charge in [-0.1, -0.05) is 26.0 Å². The van der Waals surface area contributed by atoms with Gasteiger partial charge in [0.2, 0.25) is 5.88 Å². The van der Waals surface area contributed by atoms with Gasteiger partial charge in [-0.25, -0.2) is 9.37 Å². The van der Waals surface area contributed by atoms with Gasteiger partial charge in [0.25, 0.3) is 0 Å². The second-order valence-electron chi connectivity index (χ2n) is 11.3. The lowest BCUT2D eigenvalue weighted by Gasteiger charge is -2.32. The molecule has 42 heavy (non-hydrogen) atoms. The molecule has 2 aromatic carbocycles. The Kier molecular flexibility index (Phi) is 11.7. The summed E-state index contributed by atoms with van der Waals surface area (Å²) in [5.74, 6) is 1.85. The molecule has 8 heteroatoms. The zero-order valence-corrected chi connectivity index (χ0v) is 25.4. The number of hydrogen-bond donors (Lipinski definition) is 0. The Morgan fingerprint density at radius 2 is 1.71 bits per heavy atom. The number of piperazine rings is 1. The Morgan fingerprint density at radius 1 is 0.952 bits per heavy atom. The van der Waals surface area contributed by atoms with Gasteiger partial charge in [0.1, 0.15) is 29.7 Å². The smallest absolute Gasteiger partial charge is 0.221 e. The third-order valence-electron chi connectivity index (χ3n) is 7.22. The van der Waals surface area contributed by atoms with E-state index >= 15 is 0 Å². The van der Waals surface area contributed by atoms with Gasteiger partial charge in [0.15, 0.2) is 0 Å². The number of halogens is 1. The maximum absolute atomic E-state index is 14.1. The van der Waals surface area contributed by atoms with Crippen LogP contribution < -0.4 is 14.2 Å². The Labute approximate surface area is 249 Å². The molecular formula is C34H44FN3O4. The monoisotopic (exact) mass is 577 g/mol. The molecule has 0 aliphatic carbocycles.